The Kier molecular flexibility index (Phi) is 5.88. The molecule has 0 radical (unpaired) electrons. The second kappa shape index (κ2) is 7.18. The van der Waals surface area contributed by atoms with E-state index in [4.69, 9.17) is 9.15 Å². The summed E-state index contributed by atoms with van der Waals surface area (Å²) in [7, 11) is 1.94. The van der Waals surface area contributed by atoms with E-state index in [-0.39, 0.29) is 11.9 Å². The van der Waals surface area contributed by atoms with E-state index in [1.165, 1.54) is 0 Å². The molecular weight excluding hydrogens is 234 g/mol. The van der Waals surface area contributed by atoms with Crippen LogP contribution in [0.1, 0.15) is 36.6 Å². The van der Waals surface area contributed by atoms with Gasteiger partial charge in [-0.15, -0.1) is 0 Å². The molecule has 0 spiro atoms. The lowest BCUT2D eigenvalue weighted by Crippen LogP contribution is -2.21. The van der Waals surface area contributed by atoms with Crippen molar-refractivity contribution in [3.05, 3.63) is 23.7 Å². The first kappa shape index (κ1) is 14.7. The van der Waals surface area contributed by atoms with E-state index >= 15 is 0 Å². The van der Waals surface area contributed by atoms with Crippen LogP contribution in [-0.4, -0.2) is 42.3 Å². The molecule has 102 valence electrons. The number of ether oxygens (including phenoxy) is 1. The van der Waals surface area contributed by atoms with Gasteiger partial charge in [-0.05, 0) is 39.4 Å². The Balaban J connectivity index is 2.45. The Morgan fingerprint density at radius 3 is 2.89 bits per heavy atom. The SMILES string of the molecule is CCOC(=O)c1ccc(CN(C)CCC(C)O)o1. The molecule has 1 heterocycles. The first-order chi connectivity index (χ1) is 8.52. The van der Waals surface area contributed by atoms with Crippen molar-refractivity contribution < 1.29 is 19.1 Å². The largest absolute Gasteiger partial charge is 0.460 e. The second-order valence-corrected chi connectivity index (χ2v) is 4.36. The summed E-state index contributed by atoms with van der Waals surface area (Å²) in [4.78, 5) is 13.4. The van der Waals surface area contributed by atoms with E-state index in [2.05, 4.69) is 0 Å². The molecule has 1 atom stereocenters. The van der Waals surface area contributed by atoms with E-state index in [1.54, 1.807) is 26.0 Å². The first-order valence-corrected chi connectivity index (χ1v) is 6.15. The number of aliphatic hydroxyl groups excluding tert-OH is 1. The van der Waals surface area contributed by atoms with Crippen molar-refractivity contribution in [2.45, 2.75) is 32.9 Å². The molecule has 1 rings (SSSR count). The van der Waals surface area contributed by atoms with Crippen LogP contribution in [0.15, 0.2) is 16.5 Å². The fraction of sp³-hybridized carbons (Fsp3) is 0.615. The average molecular weight is 255 g/mol. The molecule has 5 nitrogen and oxygen atoms in total. The molecule has 0 aromatic carbocycles. The molecule has 0 aliphatic rings. The van der Waals surface area contributed by atoms with Crippen molar-refractivity contribution in [2.24, 2.45) is 0 Å². The molecular formula is C13H21NO4. The highest BCUT2D eigenvalue weighted by Crippen LogP contribution is 2.11. The van der Waals surface area contributed by atoms with Crippen molar-refractivity contribution in [3.63, 3.8) is 0 Å². The number of rotatable bonds is 7. The summed E-state index contributed by atoms with van der Waals surface area (Å²) < 4.78 is 10.2. The van der Waals surface area contributed by atoms with Gasteiger partial charge in [-0.1, -0.05) is 0 Å². The van der Waals surface area contributed by atoms with Crippen LogP contribution in [0.5, 0.6) is 0 Å². The number of esters is 1. The number of hydrogen-bond acceptors (Lipinski definition) is 5. The third-order valence-corrected chi connectivity index (χ3v) is 2.49. The van der Waals surface area contributed by atoms with Crippen LogP contribution < -0.4 is 0 Å². The fourth-order valence-corrected chi connectivity index (χ4v) is 1.53. The van der Waals surface area contributed by atoms with Gasteiger partial charge in [0.05, 0.1) is 19.3 Å². The van der Waals surface area contributed by atoms with Gasteiger partial charge in [0.15, 0.2) is 0 Å². The summed E-state index contributed by atoms with van der Waals surface area (Å²) in [5.74, 6) is 0.511. The van der Waals surface area contributed by atoms with Crippen molar-refractivity contribution in [3.8, 4) is 0 Å². The smallest absolute Gasteiger partial charge is 0.374 e. The zero-order chi connectivity index (χ0) is 13.5. The second-order valence-electron chi connectivity index (χ2n) is 4.36. The molecule has 18 heavy (non-hydrogen) atoms. The maximum absolute atomic E-state index is 11.4. The van der Waals surface area contributed by atoms with Crippen molar-refractivity contribution in [1.82, 2.24) is 4.90 Å². The third kappa shape index (κ3) is 4.89. The molecule has 0 amide bonds. The topological polar surface area (TPSA) is 62.9 Å². The molecule has 1 N–H and O–H groups in total. The van der Waals surface area contributed by atoms with E-state index < -0.39 is 5.97 Å². The van der Waals surface area contributed by atoms with Gasteiger partial charge < -0.3 is 14.3 Å². The highest BCUT2D eigenvalue weighted by atomic mass is 16.5. The van der Waals surface area contributed by atoms with Crippen LogP contribution in [0.4, 0.5) is 0 Å². The summed E-state index contributed by atoms with van der Waals surface area (Å²) in [5.41, 5.74) is 0. The van der Waals surface area contributed by atoms with Gasteiger partial charge in [0.25, 0.3) is 0 Å². The van der Waals surface area contributed by atoms with Crippen LogP contribution in [0.25, 0.3) is 0 Å². The summed E-state index contributed by atoms with van der Waals surface area (Å²) in [6.07, 6.45) is 0.404. The maximum Gasteiger partial charge on any atom is 0.374 e. The summed E-state index contributed by atoms with van der Waals surface area (Å²) in [6, 6.07) is 3.39. The van der Waals surface area contributed by atoms with Crippen LogP contribution in [0, 0.1) is 0 Å². The van der Waals surface area contributed by atoms with E-state index in [9.17, 15) is 9.90 Å². The van der Waals surface area contributed by atoms with Gasteiger partial charge in [-0.3, -0.25) is 4.90 Å². The number of carbonyl (C=O) groups is 1. The van der Waals surface area contributed by atoms with E-state index in [0.29, 0.717) is 25.3 Å². The standard InChI is InChI=1S/C13H21NO4/c1-4-17-13(16)12-6-5-11(18-12)9-14(3)8-7-10(2)15/h5-6,10,15H,4,7-9H2,1-3H3. The summed E-state index contributed by atoms with van der Waals surface area (Å²) in [5, 5.41) is 9.19. The molecule has 0 saturated heterocycles. The molecule has 1 aromatic rings. The number of aliphatic hydroxyl groups is 1. The Morgan fingerprint density at radius 1 is 1.56 bits per heavy atom. The lowest BCUT2D eigenvalue weighted by atomic mass is 10.2. The van der Waals surface area contributed by atoms with Gasteiger partial charge in [0, 0.05) is 6.54 Å². The predicted octanol–water partition coefficient (Wildman–Crippen LogP) is 1.66. The van der Waals surface area contributed by atoms with E-state index in [1.807, 2.05) is 11.9 Å². The molecule has 1 unspecified atom stereocenters. The first-order valence-electron chi connectivity index (χ1n) is 6.15. The number of hydrogen-bond donors (Lipinski definition) is 1. The Bertz CT molecular complexity index is 373. The summed E-state index contributed by atoms with van der Waals surface area (Å²) in [6.45, 7) is 5.23. The van der Waals surface area contributed by atoms with Gasteiger partial charge in [-0.2, -0.15) is 0 Å². The zero-order valence-electron chi connectivity index (χ0n) is 11.2. The highest BCUT2D eigenvalue weighted by molar-refractivity contribution is 5.86. The molecule has 5 heteroatoms. The molecule has 0 aliphatic carbocycles. The monoisotopic (exact) mass is 255 g/mol. The number of nitrogens with zero attached hydrogens (tertiary/aromatic N) is 1. The molecule has 0 bridgehead atoms. The van der Waals surface area contributed by atoms with E-state index in [0.717, 1.165) is 6.54 Å². The van der Waals surface area contributed by atoms with Crippen LogP contribution >= 0.6 is 0 Å². The van der Waals surface area contributed by atoms with Crippen LogP contribution in [0.2, 0.25) is 0 Å². The van der Waals surface area contributed by atoms with Crippen molar-refractivity contribution in [1.29, 1.82) is 0 Å². The lowest BCUT2D eigenvalue weighted by molar-refractivity contribution is 0.0486. The molecule has 0 aliphatic heterocycles. The minimum Gasteiger partial charge on any atom is -0.460 e. The van der Waals surface area contributed by atoms with Crippen molar-refractivity contribution in [2.75, 3.05) is 20.2 Å². The minimum absolute atomic E-state index is 0.232. The zero-order valence-corrected chi connectivity index (χ0v) is 11.2. The van der Waals surface area contributed by atoms with Gasteiger partial charge >= 0.3 is 5.97 Å². The quantitative estimate of drug-likeness (QED) is 0.751. The Morgan fingerprint density at radius 2 is 2.28 bits per heavy atom. The van der Waals surface area contributed by atoms with Crippen molar-refractivity contribution >= 4 is 5.97 Å². The number of carbonyl (C=O) groups excluding carboxylic acids is 1. The minimum atomic E-state index is -0.435. The predicted molar refractivity (Wildman–Crippen MR) is 67.3 cm³/mol. The fourth-order valence-electron chi connectivity index (χ4n) is 1.53. The molecule has 1 aromatic heterocycles. The molecule has 0 fully saturated rings. The Hall–Kier alpha value is -1.33. The highest BCUT2D eigenvalue weighted by Gasteiger charge is 2.13. The Labute approximate surface area is 107 Å². The van der Waals surface area contributed by atoms with Gasteiger partial charge in [0.1, 0.15) is 5.76 Å². The van der Waals surface area contributed by atoms with Crippen LogP contribution in [-0.2, 0) is 11.3 Å². The normalized spacial score (nSPS) is 12.7. The average Bonchev–Trinajstić information content (AvgIpc) is 2.75. The number of furan rings is 1. The van der Waals surface area contributed by atoms with Crippen LogP contribution in [0.3, 0.4) is 0 Å². The van der Waals surface area contributed by atoms with Gasteiger partial charge in [-0.25, -0.2) is 4.79 Å². The van der Waals surface area contributed by atoms with Gasteiger partial charge in [0.2, 0.25) is 5.76 Å². The molecule has 0 saturated carbocycles. The maximum atomic E-state index is 11.4. The summed E-state index contributed by atoms with van der Waals surface area (Å²) >= 11 is 0. The lowest BCUT2D eigenvalue weighted by Gasteiger charge is -2.15. The third-order valence-electron chi connectivity index (χ3n) is 2.49.